The van der Waals surface area contributed by atoms with Gasteiger partial charge in [-0.15, -0.1) is 0 Å². The first-order valence-electron chi connectivity index (χ1n) is 7.42. The minimum atomic E-state index is -4.44. The molecule has 2 aromatic carbocycles. The normalized spacial score (nSPS) is 11.8. The number of hydrogen-bond acceptors (Lipinski definition) is 2. The van der Waals surface area contributed by atoms with Crippen LogP contribution in [0.25, 0.3) is 22.8 Å². The van der Waals surface area contributed by atoms with E-state index in [1.54, 1.807) is 13.1 Å². The van der Waals surface area contributed by atoms with Crippen molar-refractivity contribution in [1.82, 2.24) is 14.8 Å². The van der Waals surface area contributed by atoms with Gasteiger partial charge in [0.05, 0.1) is 5.56 Å². The fourth-order valence-electron chi connectivity index (χ4n) is 2.72. The van der Waals surface area contributed by atoms with Gasteiger partial charge in [0.25, 0.3) is 0 Å². The van der Waals surface area contributed by atoms with E-state index in [9.17, 15) is 13.2 Å². The summed E-state index contributed by atoms with van der Waals surface area (Å²) in [6.45, 7) is 3.91. The van der Waals surface area contributed by atoms with Crippen LogP contribution in [0, 0.1) is 13.8 Å². The predicted octanol–water partition coefficient (Wildman–Crippen LogP) is 4.78. The highest BCUT2D eigenvalue weighted by Crippen LogP contribution is 2.36. The molecule has 0 aliphatic carbocycles. The minimum Gasteiger partial charge on any atom is -0.248 e. The van der Waals surface area contributed by atoms with E-state index in [2.05, 4.69) is 10.1 Å². The Labute approximate surface area is 137 Å². The van der Waals surface area contributed by atoms with Gasteiger partial charge >= 0.3 is 6.18 Å². The Hall–Kier alpha value is -2.63. The van der Waals surface area contributed by atoms with Gasteiger partial charge in [-0.2, -0.15) is 18.3 Å². The van der Waals surface area contributed by atoms with E-state index >= 15 is 0 Å². The second-order valence-corrected chi connectivity index (χ2v) is 5.74. The van der Waals surface area contributed by atoms with Crippen molar-refractivity contribution in [3.8, 4) is 22.8 Å². The SMILES string of the molecule is Cc1ccc(-c2nc(-c3ccccc3C(F)(F)F)n(C)n2)c(C)c1. The zero-order valence-corrected chi connectivity index (χ0v) is 13.5. The number of nitrogens with zero attached hydrogens (tertiary/aromatic N) is 3. The minimum absolute atomic E-state index is 0.0241. The summed E-state index contributed by atoms with van der Waals surface area (Å²) in [7, 11) is 1.60. The van der Waals surface area contributed by atoms with Crippen molar-refractivity contribution in [2.75, 3.05) is 0 Å². The second-order valence-electron chi connectivity index (χ2n) is 5.74. The first-order chi connectivity index (χ1) is 11.3. The summed E-state index contributed by atoms with van der Waals surface area (Å²) < 4.78 is 41.1. The molecule has 0 unspecified atom stereocenters. The lowest BCUT2D eigenvalue weighted by molar-refractivity contribution is -0.137. The lowest BCUT2D eigenvalue weighted by Gasteiger charge is -2.11. The molecule has 0 aliphatic rings. The molecule has 3 aromatic rings. The van der Waals surface area contributed by atoms with Gasteiger partial charge in [0.1, 0.15) is 0 Å². The van der Waals surface area contributed by atoms with Crippen molar-refractivity contribution < 1.29 is 13.2 Å². The van der Waals surface area contributed by atoms with Crippen LogP contribution in [0.2, 0.25) is 0 Å². The topological polar surface area (TPSA) is 30.7 Å². The smallest absolute Gasteiger partial charge is 0.248 e. The van der Waals surface area contributed by atoms with Gasteiger partial charge in [-0.05, 0) is 25.5 Å². The third-order valence-corrected chi connectivity index (χ3v) is 3.86. The van der Waals surface area contributed by atoms with Crippen molar-refractivity contribution in [3.05, 3.63) is 59.2 Å². The average molecular weight is 331 g/mol. The van der Waals surface area contributed by atoms with Crippen LogP contribution >= 0.6 is 0 Å². The van der Waals surface area contributed by atoms with Gasteiger partial charge in [-0.1, -0.05) is 42.0 Å². The first kappa shape index (κ1) is 16.2. The van der Waals surface area contributed by atoms with Gasteiger partial charge in [-0.25, -0.2) is 9.67 Å². The molecule has 0 saturated carbocycles. The Morgan fingerprint density at radius 3 is 2.33 bits per heavy atom. The number of alkyl halides is 3. The number of hydrogen-bond donors (Lipinski definition) is 0. The molecular formula is C18H16F3N3. The van der Waals surface area contributed by atoms with Crippen LogP contribution in [0.4, 0.5) is 13.2 Å². The van der Waals surface area contributed by atoms with Crippen LogP contribution in [0.3, 0.4) is 0 Å². The number of aryl methyl sites for hydroxylation is 3. The Morgan fingerprint density at radius 2 is 1.67 bits per heavy atom. The molecule has 3 rings (SSSR count). The Bertz CT molecular complexity index is 895. The fraction of sp³-hybridized carbons (Fsp3) is 0.222. The molecule has 0 saturated heterocycles. The molecule has 1 heterocycles. The summed E-state index contributed by atoms with van der Waals surface area (Å²) in [5.74, 6) is 0.611. The van der Waals surface area contributed by atoms with Crippen LogP contribution in [-0.4, -0.2) is 14.8 Å². The van der Waals surface area contributed by atoms with Crippen LogP contribution in [-0.2, 0) is 13.2 Å². The zero-order chi connectivity index (χ0) is 17.5. The molecule has 0 amide bonds. The Balaban J connectivity index is 2.15. The molecule has 0 fully saturated rings. The number of halogens is 3. The number of rotatable bonds is 2. The van der Waals surface area contributed by atoms with Gasteiger partial charge in [0.15, 0.2) is 11.6 Å². The third kappa shape index (κ3) is 2.91. The molecule has 0 bridgehead atoms. The molecule has 24 heavy (non-hydrogen) atoms. The van der Waals surface area contributed by atoms with E-state index in [1.807, 2.05) is 32.0 Å². The Kier molecular flexibility index (Phi) is 3.91. The van der Waals surface area contributed by atoms with Crippen molar-refractivity contribution in [2.45, 2.75) is 20.0 Å². The highest BCUT2D eigenvalue weighted by molar-refractivity contribution is 5.67. The van der Waals surface area contributed by atoms with Crippen molar-refractivity contribution >= 4 is 0 Å². The summed E-state index contributed by atoms with van der Waals surface area (Å²) >= 11 is 0. The van der Waals surface area contributed by atoms with E-state index in [-0.39, 0.29) is 11.4 Å². The van der Waals surface area contributed by atoms with E-state index < -0.39 is 11.7 Å². The molecule has 0 atom stereocenters. The monoisotopic (exact) mass is 331 g/mol. The summed E-state index contributed by atoms with van der Waals surface area (Å²) in [6, 6.07) is 11.2. The average Bonchev–Trinajstić information content (AvgIpc) is 2.88. The largest absolute Gasteiger partial charge is 0.417 e. The van der Waals surface area contributed by atoms with Gasteiger partial charge < -0.3 is 0 Å². The standard InChI is InChI=1S/C18H16F3N3/c1-11-8-9-13(12(2)10-11)16-22-17(24(3)23-16)14-6-4-5-7-15(14)18(19,20)21/h4-10H,1-3H3. The third-order valence-electron chi connectivity index (χ3n) is 3.86. The summed E-state index contributed by atoms with van der Waals surface area (Å²) in [5, 5.41) is 4.31. The quantitative estimate of drug-likeness (QED) is 0.676. The highest BCUT2D eigenvalue weighted by Gasteiger charge is 2.34. The number of benzene rings is 2. The van der Waals surface area contributed by atoms with E-state index in [1.165, 1.54) is 16.8 Å². The van der Waals surface area contributed by atoms with Gasteiger partial charge in [0.2, 0.25) is 0 Å². The Morgan fingerprint density at radius 1 is 0.958 bits per heavy atom. The summed E-state index contributed by atoms with van der Waals surface area (Å²) in [6.07, 6.45) is -4.44. The maximum absolute atomic E-state index is 13.2. The maximum atomic E-state index is 13.2. The van der Waals surface area contributed by atoms with Crippen LogP contribution in [0.5, 0.6) is 0 Å². The maximum Gasteiger partial charge on any atom is 0.417 e. The van der Waals surface area contributed by atoms with E-state index in [0.717, 1.165) is 22.8 Å². The molecule has 124 valence electrons. The van der Waals surface area contributed by atoms with Crippen LogP contribution in [0.1, 0.15) is 16.7 Å². The predicted molar refractivity (Wildman–Crippen MR) is 86.4 cm³/mol. The summed E-state index contributed by atoms with van der Waals surface area (Å²) in [4.78, 5) is 4.37. The molecule has 6 heteroatoms. The second kappa shape index (κ2) is 5.78. The van der Waals surface area contributed by atoms with Crippen LogP contribution in [0.15, 0.2) is 42.5 Å². The van der Waals surface area contributed by atoms with Crippen molar-refractivity contribution in [3.63, 3.8) is 0 Å². The molecule has 0 aliphatic heterocycles. The van der Waals surface area contributed by atoms with Crippen LogP contribution < -0.4 is 0 Å². The van der Waals surface area contributed by atoms with E-state index in [4.69, 9.17) is 0 Å². The zero-order valence-electron chi connectivity index (χ0n) is 13.5. The lowest BCUT2D eigenvalue weighted by atomic mass is 10.1. The lowest BCUT2D eigenvalue weighted by Crippen LogP contribution is -2.08. The first-order valence-corrected chi connectivity index (χ1v) is 7.42. The molecule has 3 nitrogen and oxygen atoms in total. The molecule has 1 aromatic heterocycles. The van der Waals surface area contributed by atoms with Gasteiger partial charge in [-0.3, -0.25) is 0 Å². The summed E-state index contributed by atoms with van der Waals surface area (Å²) in [5.41, 5.74) is 2.21. The van der Waals surface area contributed by atoms with Crippen molar-refractivity contribution in [1.29, 1.82) is 0 Å². The van der Waals surface area contributed by atoms with Crippen molar-refractivity contribution in [2.24, 2.45) is 7.05 Å². The van der Waals surface area contributed by atoms with Gasteiger partial charge in [0, 0.05) is 18.2 Å². The molecule has 0 N–H and O–H groups in total. The molecule has 0 radical (unpaired) electrons. The number of aromatic nitrogens is 3. The molecular weight excluding hydrogens is 315 g/mol. The fourth-order valence-corrected chi connectivity index (χ4v) is 2.72. The van der Waals surface area contributed by atoms with E-state index in [0.29, 0.717) is 5.82 Å². The highest BCUT2D eigenvalue weighted by atomic mass is 19.4. The molecule has 0 spiro atoms.